The van der Waals surface area contributed by atoms with E-state index in [1.54, 1.807) is 0 Å². The van der Waals surface area contributed by atoms with E-state index < -0.39 is 0 Å². The summed E-state index contributed by atoms with van der Waals surface area (Å²) in [7, 11) is 0. The highest BCUT2D eigenvalue weighted by molar-refractivity contribution is 5.77. The van der Waals surface area contributed by atoms with Crippen LogP contribution in [0.15, 0.2) is 54.6 Å². The van der Waals surface area contributed by atoms with E-state index in [1.807, 2.05) is 60.7 Å². The molecular formula is C18H15N5O. The first-order valence-electron chi connectivity index (χ1n) is 7.28. The van der Waals surface area contributed by atoms with Gasteiger partial charge in [0.05, 0.1) is 5.69 Å². The van der Waals surface area contributed by atoms with Crippen LogP contribution in [-0.4, -0.2) is 9.97 Å². The van der Waals surface area contributed by atoms with Crippen molar-refractivity contribution in [2.45, 2.75) is 6.61 Å². The van der Waals surface area contributed by atoms with E-state index in [-0.39, 0.29) is 17.3 Å². The quantitative estimate of drug-likeness (QED) is 0.765. The monoisotopic (exact) mass is 317 g/mol. The van der Waals surface area contributed by atoms with Crippen molar-refractivity contribution in [1.29, 1.82) is 5.26 Å². The number of nitrogens with two attached hydrogens (primary N) is 2. The lowest BCUT2D eigenvalue weighted by Crippen LogP contribution is -2.06. The second-order valence-corrected chi connectivity index (χ2v) is 5.07. The topological polar surface area (TPSA) is 111 Å². The number of para-hydroxylation sites is 1. The van der Waals surface area contributed by atoms with Crippen LogP contribution in [0, 0.1) is 11.3 Å². The van der Waals surface area contributed by atoms with Gasteiger partial charge in [0.15, 0.2) is 0 Å². The van der Waals surface area contributed by atoms with E-state index >= 15 is 0 Å². The molecule has 3 aromatic rings. The Labute approximate surface area is 139 Å². The molecule has 0 unspecified atom stereocenters. The van der Waals surface area contributed by atoms with Crippen LogP contribution in [-0.2, 0) is 6.61 Å². The van der Waals surface area contributed by atoms with Crippen LogP contribution in [0.25, 0.3) is 11.3 Å². The Balaban J connectivity index is 2.00. The molecule has 3 rings (SSSR count). The molecule has 0 bridgehead atoms. The first-order chi connectivity index (χ1) is 11.7. The summed E-state index contributed by atoms with van der Waals surface area (Å²) in [5, 5.41) is 9.36. The zero-order valence-corrected chi connectivity index (χ0v) is 12.8. The van der Waals surface area contributed by atoms with Gasteiger partial charge < -0.3 is 16.2 Å². The molecule has 24 heavy (non-hydrogen) atoms. The minimum Gasteiger partial charge on any atom is -0.488 e. The van der Waals surface area contributed by atoms with Gasteiger partial charge in [0.25, 0.3) is 0 Å². The molecule has 0 radical (unpaired) electrons. The lowest BCUT2D eigenvalue weighted by molar-refractivity contribution is 0.307. The zero-order valence-electron chi connectivity index (χ0n) is 12.8. The van der Waals surface area contributed by atoms with Gasteiger partial charge in [-0.15, -0.1) is 0 Å². The number of benzene rings is 2. The molecule has 1 aromatic heterocycles. The second-order valence-electron chi connectivity index (χ2n) is 5.07. The number of nitriles is 1. The number of nitrogen functional groups attached to an aromatic ring is 2. The number of hydrogen-bond acceptors (Lipinski definition) is 6. The average Bonchev–Trinajstić information content (AvgIpc) is 2.60. The van der Waals surface area contributed by atoms with Crippen molar-refractivity contribution >= 4 is 11.8 Å². The lowest BCUT2D eigenvalue weighted by Gasteiger charge is -2.13. The van der Waals surface area contributed by atoms with Crippen molar-refractivity contribution < 1.29 is 4.74 Å². The molecule has 0 atom stereocenters. The number of aromatic nitrogens is 2. The minimum absolute atomic E-state index is 0.0133. The Morgan fingerprint density at radius 2 is 1.67 bits per heavy atom. The number of anilines is 2. The standard InChI is InChI=1S/C18H15N5O/c19-10-14-16(22-18(21)23-17(14)20)13-8-4-5-9-15(13)24-11-12-6-2-1-3-7-12/h1-9H,11H2,(H4,20,21,22,23). The third-order valence-electron chi connectivity index (χ3n) is 3.45. The van der Waals surface area contributed by atoms with E-state index in [4.69, 9.17) is 16.2 Å². The molecule has 4 N–H and O–H groups in total. The van der Waals surface area contributed by atoms with Gasteiger partial charge in [-0.25, -0.2) is 4.98 Å². The van der Waals surface area contributed by atoms with Gasteiger partial charge in [-0.05, 0) is 17.7 Å². The molecule has 0 amide bonds. The number of nitrogens with zero attached hydrogens (tertiary/aromatic N) is 3. The SMILES string of the molecule is N#Cc1c(N)nc(N)nc1-c1ccccc1OCc1ccccc1. The normalized spacial score (nSPS) is 10.1. The molecular weight excluding hydrogens is 302 g/mol. The molecule has 2 aromatic carbocycles. The predicted octanol–water partition coefficient (Wildman–Crippen LogP) is 2.76. The fourth-order valence-corrected chi connectivity index (χ4v) is 2.32. The Morgan fingerprint density at radius 3 is 2.42 bits per heavy atom. The zero-order chi connectivity index (χ0) is 16.9. The molecule has 0 fully saturated rings. The lowest BCUT2D eigenvalue weighted by atomic mass is 10.1. The molecule has 6 heteroatoms. The summed E-state index contributed by atoms with van der Waals surface area (Å²) in [6.45, 7) is 0.399. The van der Waals surface area contributed by atoms with Crippen molar-refractivity contribution in [2.24, 2.45) is 0 Å². The maximum absolute atomic E-state index is 9.36. The summed E-state index contributed by atoms with van der Waals surface area (Å²) in [5.74, 6) is 0.660. The maximum Gasteiger partial charge on any atom is 0.222 e. The minimum atomic E-state index is 0.0133. The summed E-state index contributed by atoms with van der Waals surface area (Å²) in [5.41, 5.74) is 13.7. The molecule has 6 nitrogen and oxygen atoms in total. The van der Waals surface area contributed by atoms with Crippen LogP contribution in [0.2, 0.25) is 0 Å². The van der Waals surface area contributed by atoms with Crippen LogP contribution in [0.1, 0.15) is 11.1 Å². The molecule has 0 spiro atoms. The van der Waals surface area contributed by atoms with Crippen molar-refractivity contribution in [1.82, 2.24) is 9.97 Å². The fourth-order valence-electron chi connectivity index (χ4n) is 2.32. The highest BCUT2D eigenvalue weighted by Crippen LogP contribution is 2.33. The predicted molar refractivity (Wildman–Crippen MR) is 91.8 cm³/mol. The highest BCUT2D eigenvalue weighted by Gasteiger charge is 2.16. The third-order valence-corrected chi connectivity index (χ3v) is 3.45. The van der Waals surface area contributed by atoms with Gasteiger partial charge in [0.2, 0.25) is 5.95 Å². The van der Waals surface area contributed by atoms with Crippen LogP contribution >= 0.6 is 0 Å². The summed E-state index contributed by atoms with van der Waals surface area (Å²) in [6, 6.07) is 19.1. The van der Waals surface area contributed by atoms with Gasteiger partial charge in [0, 0.05) is 5.56 Å². The maximum atomic E-state index is 9.36. The Kier molecular flexibility index (Phi) is 4.25. The molecule has 118 valence electrons. The van der Waals surface area contributed by atoms with Crippen LogP contribution in [0.4, 0.5) is 11.8 Å². The van der Waals surface area contributed by atoms with E-state index in [1.165, 1.54) is 0 Å². The van der Waals surface area contributed by atoms with Crippen LogP contribution < -0.4 is 16.2 Å². The Morgan fingerprint density at radius 1 is 0.958 bits per heavy atom. The van der Waals surface area contributed by atoms with Gasteiger partial charge in [0.1, 0.15) is 29.8 Å². The van der Waals surface area contributed by atoms with Gasteiger partial charge in [-0.2, -0.15) is 10.2 Å². The van der Waals surface area contributed by atoms with E-state index in [0.29, 0.717) is 23.6 Å². The summed E-state index contributed by atoms with van der Waals surface area (Å²) >= 11 is 0. The summed E-state index contributed by atoms with van der Waals surface area (Å²) in [6.07, 6.45) is 0. The Bertz CT molecular complexity index is 903. The van der Waals surface area contributed by atoms with E-state index in [9.17, 15) is 5.26 Å². The largest absolute Gasteiger partial charge is 0.488 e. The Hall–Kier alpha value is -3.59. The van der Waals surface area contributed by atoms with Crippen molar-refractivity contribution in [2.75, 3.05) is 11.5 Å². The third kappa shape index (κ3) is 3.10. The average molecular weight is 317 g/mol. The summed E-state index contributed by atoms with van der Waals surface area (Å²) in [4.78, 5) is 8.01. The first kappa shape index (κ1) is 15.3. The number of rotatable bonds is 4. The van der Waals surface area contributed by atoms with Gasteiger partial charge in [-0.3, -0.25) is 0 Å². The van der Waals surface area contributed by atoms with Crippen molar-refractivity contribution in [3.05, 3.63) is 65.7 Å². The van der Waals surface area contributed by atoms with Gasteiger partial charge in [-0.1, -0.05) is 42.5 Å². The smallest absolute Gasteiger partial charge is 0.222 e. The van der Waals surface area contributed by atoms with Crippen LogP contribution in [0.5, 0.6) is 5.75 Å². The first-order valence-corrected chi connectivity index (χ1v) is 7.28. The van der Waals surface area contributed by atoms with Crippen molar-refractivity contribution in [3.8, 4) is 23.1 Å². The summed E-state index contributed by atoms with van der Waals surface area (Å²) < 4.78 is 5.91. The molecule has 0 aliphatic carbocycles. The second kappa shape index (κ2) is 6.67. The molecule has 0 saturated heterocycles. The van der Waals surface area contributed by atoms with Gasteiger partial charge >= 0.3 is 0 Å². The number of hydrogen-bond donors (Lipinski definition) is 2. The number of ether oxygens (including phenoxy) is 1. The van der Waals surface area contributed by atoms with Crippen LogP contribution in [0.3, 0.4) is 0 Å². The molecule has 1 heterocycles. The molecule has 0 saturated carbocycles. The molecule has 0 aliphatic heterocycles. The fraction of sp³-hybridized carbons (Fsp3) is 0.0556. The van der Waals surface area contributed by atoms with E-state index in [2.05, 4.69) is 9.97 Å². The highest BCUT2D eigenvalue weighted by atomic mass is 16.5. The van der Waals surface area contributed by atoms with E-state index in [0.717, 1.165) is 5.56 Å². The van der Waals surface area contributed by atoms with Crippen molar-refractivity contribution in [3.63, 3.8) is 0 Å². The molecule has 0 aliphatic rings.